The van der Waals surface area contributed by atoms with E-state index in [1.165, 1.54) is 11.0 Å². The molecule has 3 aromatic carbocycles. The fraction of sp³-hybridized carbons (Fsp3) is 0.310. The summed E-state index contributed by atoms with van der Waals surface area (Å²) in [7, 11) is 0. The Balaban J connectivity index is 1.92. The van der Waals surface area contributed by atoms with E-state index in [0.29, 0.717) is 16.3 Å². The molecule has 0 saturated heterocycles. The molecule has 0 unspecified atom stereocenters. The number of nitrogens with zero attached hydrogens (tertiary/aromatic N) is 1. The second-order valence-electron chi connectivity index (χ2n) is 8.84. The number of rotatable bonds is 11. The van der Waals surface area contributed by atoms with Crippen molar-refractivity contribution in [1.29, 1.82) is 0 Å². The van der Waals surface area contributed by atoms with Crippen LogP contribution in [0.4, 0.5) is 4.39 Å². The van der Waals surface area contributed by atoms with E-state index >= 15 is 0 Å². The van der Waals surface area contributed by atoms with Gasteiger partial charge in [-0.1, -0.05) is 67.1 Å². The Bertz CT molecular complexity index is 1170. The zero-order valence-electron chi connectivity index (χ0n) is 20.8. The van der Waals surface area contributed by atoms with Crippen LogP contribution in [0.1, 0.15) is 37.0 Å². The molecule has 0 aromatic heterocycles. The van der Waals surface area contributed by atoms with Gasteiger partial charge in [-0.3, -0.25) is 9.59 Å². The van der Waals surface area contributed by atoms with Crippen LogP contribution in [0.3, 0.4) is 0 Å². The van der Waals surface area contributed by atoms with Gasteiger partial charge in [-0.15, -0.1) is 0 Å². The summed E-state index contributed by atoms with van der Waals surface area (Å²) in [4.78, 5) is 28.4. The molecular formula is C29H32ClFN2O3. The Hall–Kier alpha value is -3.38. The van der Waals surface area contributed by atoms with E-state index in [-0.39, 0.29) is 31.5 Å². The number of carbonyl (C=O) groups excluding carboxylic acids is 2. The Morgan fingerprint density at radius 2 is 1.75 bits per heavy atom. The lowest BCUT2D eigenvalue weighted by Gasteiger charge is -2.32. The highest BCUT2D eigenvalue weighted by molar-refractivity contribution is 6.31. The predicted molar refractivity (Wildman–Crippen MR) is 140 cm³/mol. The smallest absolute Gasteiger partial charge is 0.261 e. The quantitative estimate of drug-likeness (QED) is 0.359. The lowest BCUT2D eigenvalue weighted by Crippen LogP contribution is -2.53. The molecule has 2 atom stereocenters. The maximum absolute atomic E-state index is 14.6. The van der Waals surface area contributed by atoms with E-state index in [2.05, 4.69) is 5.32 Å². The van der Waals surface area contributed by atoms with Crippen LogP contribution in [0.15, 0.2) is 72.8 Å². The van der Waals surface area contributed by atoms with Crippen molar-refractivity contribution in [3.05, 3.63) is 100 Å². The molecule has 0 aliphatic carbocycles. The number of ether oxygens (including phenoxy) is 1. The standard InChI is InChI=1S/C29H32ClFN2O3/c1-4-21(3)32-29(35)27(17-22-10-6-5-7-11-22)33(18-23-12-8-9-13-26(23)31)28(34)19-36-24-14-15-25(30)20(2)16-24/h5-16,21,27H,4,17-19H2,1-3H3,(H,32,35)/t21-,27-/m1/s1. The molecule has 3 aromatic rings. The zero-order chi connectivity index (χ0) is 26.1. The molecule has 0 bridgehead atoms. The SMILES string of the molecule is CC[C@@H](C)NC(=O)[C@@H](Cc1ccccc1)N(Cc1ccccc1F)C(=O)COc1ccc(Cl)c(C)c1. The van der Waals surface area contributed by atoms with E-state index < -0.39 is 17.8 Å². The number of carbonyl (C=O) groups is 2. The van der Waals surface area contributed by atoms with E-state index in [9.17, 15) is 14.0 Å². The monoisotopic (exact) mass is 510 g/mol. The lowest BCUT2D eigenvalue weighted by molar-refractivity contribution is -0.143. The van der Waals surface area contributed by atoms with Crippen LogP contribution in [-0.4, -0.2) is 35.4 Å². The van der Waals surface area contributed by atoms with E-state index in [1.807, 2.05) is 51.1 Å². The van der Waals surface area contributed by atoms with Crippen LogP contribution in [0, 0.1) is 12.7 Å². The van der Waals surface area contributed by atoms with Gasteiger partial charge < -0.3 is 15.0 Å². The highest BCUT2D eigenvalue weighted by atomic mass is 35.5. The molecule has 190 valence electrons. The molecule has 3 rings (SSSR count). The average molecular weight is 511 g/mol. The van der Waals surface area contributed by atoms with Gasteiger partial charge in [0.05, 0.1) is 0 Å². The lowest BCUT2D eigenvalue weighted by atomic mass is 10.0. The number of benzene rings is 3. The van der Waals surface area contributed by atoms with Crippen LogP contribution < -0.4 is 10.1 Å². The van der Waals surface area contributed by atoms with Gasteiger partial charge in [0.15, 0.2) is 6.61 Å². The Morgan fingerprint density at radius 1 is 1.06 bits per heavy atom. The second-order valence-corrected chi connectivity index (χ2v) is 9.24. The molecule has 0 radical (unpaired) electrons. The normalized spacial score (nSPS) is 12.5. The van der Waals surface area contributed by atoms with E-state index in [1.54, 1.807) is 36.4 Å². The molecule has 5 nitrogen and oxygen atoms in total. The van der Waals surface area contributed by atoms with Crippen molar-refractivity contribution >= 4 is 23.4 Å². The first-order chi connectivity index (χ1) is 17.3. The third-order valence-corrected chi connectivity index (χ3v) is 6.49. The van der Waals surface area contributed by atoms with Gasteiger partial charge in [0.1, 0.15) is 17.6 Å². The molecule has 0 saturated carbocycles. The average Bonchev–Trinajstić information content (AvgIpc) is 2.88. The third-order valence-electron chi connectivity index (χ3n) is 6.06. The van der Waals surface area contributed by atoms with Crippen molar-refractivity contribution in [2.75, 3.05) is 6.61 Å². The summed E-state index contributed by atoms with van der Waals surface area (Å²) < 4.78 is 20.4. The van der Waals surface area contributed by atoms with Crippen molar-refractivity contribution in [3.8, 4) is 5.75 Å². The summed E-state index contributed by atoms with van der Waals surface area (Å²) in [5, 5.41) is 3.59. The summed E-state index contributed by atoms with van der Waals surface area (Å²) in [6, 6.07) is 19.9. The minimum atomic E-state index is -0.857. The van der Waals surface area contributed by atoms with Crippen molar-refractivity contribution in [2.24, 2.45) is 0 Å². The molecule has 0 aliphatic rings. The fourth-order valence-electron chi connectivity index (χ4n) is 3.74. The van der Waals surface area contributed by atoms with Gasteiger partial charge in [-0.05, 0) is 55.7 Å². The van der Waals surface area contributed by atoms with Gasteiger partial charge in [0.25, 0.3) is 5.91 Å². The molecular weight excluding hydrogens is 479 g/mol. The molecule has 0 spiro atoms. The maximum atomic E-state index is 14.6. The number of halogens is 2. The fourth-order valence-corrected chi connectivity index (χ4v) is 3.86. The highest BCUT2D eigenvalue weighted by Crippen LogP contribution is 2.22. The molecule has 36 heavy (non-hydrogen) atoms. The summed E-state index contributed by atoms with van der Waals surface area (Å²) in [6.07, 6.45) is 1.02. The van der Waals surface area contributed by atoms with E-state index in [4.69, 9.17) is 16.3 Å². The first-order valence-corrected chi connectivity index (χ1v) is 12.4. The molecule has 7 heteroatoms. The Labute approximate surface area is 217 Å². The van der Waals surface area contributed by atoms with Gasteiger partial charge in [-0.2, -0.15) is 0 Å². The molecule has 0 fully saturated rings. The zero-order valence-corrected chi connectivity index (χ0v) is 21.6. The number of hydrogen-bond donors (Lipinski definition) is 1. The first-order valence-electron chi connectivity index (χ1n) is 12.0. The first kappa shape index (κ1) is 27.2. The van der Waals surface area contributed by atoms with Crippen LogP contribution in [-0.2, 0) is 22.6 Å². The van der Waals surface area contributed by atoms with Gasteiger partial charge >= 0.3 is 0 Å². The molecule has 1 N–H and O–H groups in total. The van der Waals surface area contributed by atoms with Gasteiger partial charge in [0.2, 0.25) is 5.91 Å². The summed E-state index contributed by atoms with van der Waals surface area (Å²) in [6.45, 7) is 5.35. The summed E-state index contributed by atoms with van der Waals surface area (Å²) >= 11 is 6.10. The maximum Gasteiger partial charge on any atom is 0.261 e. The van der Waals surface area contributed by atoms with Crippen LogP contribution >= 0.6 is 11.6 Å². The largest absolute Gasteiger partial charge is 0.484 e. The topological polar surface area (TPSA) is 58.6 Å². The Morgan fingerprint density at radius 3 is 2.42 bits per heavy atom. The summed E-state index contributed by atoms with van der Waals surface area (Å²) in [5.41, 5.74) is 2.03. The second kappa shape index (κ2) is 13.1. The minimum absolute atomic E-state index is 0.0695. The van der Waals surface area contributed by atoms with Crippen molar-refractivity contribution in [1.82, 2.24) is 10.2 Å². The summed E-state index contributed by atoms with van der Waals surface area (Å²) in [5.74, 6) is -0.670. The Kier molecular flexibility index (Phi) is 9.88. The van der Waals surface area contributed by atoms with Crippen molar-refractivity contribution < 1.29 is 18.7 Å². The molecule has 0 heterocycles. The van der Waals surface area contributed by atoms with Crippen LogP contribution in [0.5, 0.6) is 5.75 Å². The van der Waals surface area contributed by atoms with Crippen molar-refractivity contribution in [3.63, 3.8) is 0 Å². The number of amides is 2. The van der Waals surface area contributed by atoms with E-state index in [0.717, 1.165) is 17.5 Å². The number of hydrogen-bond acceptors (Lipinski definition) is 3. The van der Waals surface area contributed by atoms with Crippen LogP contribution in [0.2, 0.25) is 5.02 Å². The van der Waals surface area contributed by atoms with Crippen molar-refractivity contribution in [2.45, 2.75) is 52.2 Å². The number of aryl methyl sites for hydroxylation is 1. The minimum Gasteiger partial charge on any atom is -0.484 e. The highest BCUT2D eigenvalue weighted by Gasteiger charge is 2.31. The predicted octanol–water partition coefficient (Wildman–Crippen LogP) is 5.72. The van der Waals surface area contributed by atoms with Gasteiger partial charge in [0, 0.05) is 29.6 Å². The molecule has 2 amide bonds. The van der Waals surface area contributed by atoms with Crippen LogP contribution in [0.25, 0.3) is 0 Å². The van der Waals surface area contributed by atoms with Gasteiger partial charge in [-0.25, -0.2) is 4.39 Å². The third kappa shape index (κ3) is 7.56. The number of nitrogens with one attached hydrogen (secondary N) is 1. The molecule has 0 aliphatic heterocycles.